The summed E-state index contributed by atoms with van der Waals surface area (Å²) in [6.45, 7) is 4.14. The minimum absolute atomic E-state index is 0.0772. The Morgan fingerprint density at radius 1 is 1.45 bits per heavy atom. The fourth-order valence-corrected chi connectivity index (χ4v) is 3.04. The van der Waals surface area contributed by atoms with E-state index in [0.717, 1.165) is 25.9 Å². The molecule has 1 saturated heterocycles. The lowest BCUT2D eigenvalue weighted by Gasteiger charge is -2.33. The molecule has 1 aromatic rings. The van der Waals surface area contributed by atoms with Crippen LogP contribution in [0.2, 0.25) is 0 Å². The van der Waals surface area contributed by atoms with E-state index >= 15 is 0 Å². The number of hydrogen-bond donors (Lipinski definition) is 0. The number of piperidine rings is 1. The maximum Gasteiger partial charge on any atom is 0.257 e. The van der Waals surface area contributed by atoms with E-state index in [1.165, 1.54) is 6.42 Å². The summed E-state index contributed by atoms with van der Waals surface area (Å²) in [4.78, 5) is 14.6. The van der Waals surface area contributed by atoms with Gasteiger partial charge in [0.25, 0.3) is 5.91 Å². The number of benzene rings is 1. The standard InChI is InChI=1S/C16H22ClNO2/c1-2-20-15-8-4-3-7-14(15)16(19)18-11-5-6-13(12-18)9-10-17/h3-4,7-8,13H,2,5-6,9-12H2,1H3. The Kier molecular flexibility index (Phi) is 5.72. The molecule has 4 heteroatoms. The molecule has 1 unspecified atom stereocenters. The number of amides is 1. The molecule has 0 saturated carbocycles. The fourth-order valence-electron chi connectivity index (χ4n) is 2.73. The highest BCUT2D eigenvalue weighted by Gasteiger charge is 2.25. The van der Waals surface area contributed by atoms with Crippen LogP contribution in [0.25, 0.3) is 0 Å². The first kappa shape index (κ1) is 15.2. The predicted octanol–water partition coefficient (Wildman–Crippen LogP) is 3.57. The van der Waals surface area contributed by atoms with Gasteiger partial charge in [-0.05, 0) is 44.2 Å². The first-order valence-electron chi connectivity index (χ1n) is 7.33. The van der Waals surface area contributed by atoms with Gasteiger partial charge < -0.3 is 9.64 Å². The molecule has 1 aliphatic heterocycles. The van der Waals surface area contributed by atoms with E-state index in [2.05, 4.69) is 0 Å². The highest BCUT2D eigenvalue weighted by Crippen LogP contribution is 2.25. The molecule has 0 spiro atoms. The third kappa shape index (κ3) is 3.66. The zero-order valence-corrected chi connectivity index (χ0v) is 12.7. The Morgan fingerprint density at radius 3 is 3.00 bits per heavy atom. The smallest absolute Gasteiger partial charge is 0.257 e. The second-order valence-corrected chi connectivity index (χ2v) is 5.54. The number of rotatable bonds is 5. The molecule has 1 heterocycles. The summed E-state index contributed by atoms with van der Waals surface area (Å²) < 4.78 is 5.55. The Hall–Kier alpha value is -1.22. The number of carbonyl (C=O) groups excluding carboxylic acids is 1. The van der Waals surface area contributed by atoms with E-state index in [1.807, 2.05) is 36.1 Å². The number of para-hydroxylation sites is 1. The summed E-state index contributed by atoms with van der Waals surface area (Å²) in [5.41, 5.74) is 0.667. The molecular formula is C16H22ClNO2. The first-order chi connectivity index (χ1) is 9.76. The second kappa shape index (κ2) is 7.53. The number of nitrogens with zero attached hydrogens (tertiary/aromatic N) is 1. The average Bonchev–Trinajstić information content (AvgIpc) is 2.48. The van der Waals surface area contributed by atoms with Gasteiger partial charge in [0, 0.05) is 19.0 Å². The molecule has 0 bridgehead atoms. The van der Waals surface area contributed by atoms with Gasteiger partial charge in [0.1, 0.15) is 5.75 Å². The topological polar surface area (TPSA) is 29.5 Å². The zero-order chi connectivity index (χ0) is 14.4. The molecule has 1 aromatic carbocycles. The molecule has 1 amide bonds. The highest BCUT2D eigenvalue weighted by molar-refractivity contribution is 6.17. The van der Waals surface area contributed by atoms with Gasteiger partial charge in [0.05, 0.1) is 12.2 Å². The van der Waals surface area contributed by atoms with Crippen molar-refractivity contribution in [3.63, 3.8) is 0 Å². The van der Waals surface area contributed by atoms with Crippen molar-refractivity contribution in [1.82, 2.24) is 4.90 Å². The summed E-state index contributed by atoms with van der Waals surface area (Å²) in [6.07, 6.45) is 3.21. The quantitative estimate of drug-likeness (QED) is 0.777. The molecule has 0 radical (unpaired) electrons. The summed E-state index contributed by atoms with van der Waals surface area (Å²) in [5.74, 6) is 1.96. The molecule has 1 aliphatic rings. The van der Waals surface area contributed by atoms with Crippen molar-refractivity contribution in [3.05, 3.63) is 29.8 Å². The highest BCUT2D eigenvalue weighted by atomic mass is 35.5. The van der Waals surface area contributed by atoms with Crippen molar-refractivity contribution in [2.24, 2.45) is 5.92 Å². The minimum Gasteiger partial charge on any atom is -0.493 e. The fraction of sp³-hybridized carbons (Fsp3) is 0.562. The van der Waals surface area contributed by atoms with E-state index < -0.39 is 0 Å². The summed E-state index contributed by atoms with van der Waals surface area (Å²) in [5, 5.41) is 0. The van der Waals surface area contributed by atoms with Gasteiger partial charge >= 0.3 is 0 Å². The maximum absolute atomic E-state index is 12.7. The number of halogens is 1. The summed E-state index contributed by atoms with van der Waals surface area (Å²) in [7, 11) is 0. The number of carbonyl (C=O) groups is 1. The molecule has 2 rings (SSSR count). The molecule has 0 aliphatic carbocycles. The SMILES string of the molecule is CCOc1ccccc1C(=O)N1CCCC(CCCl)C1. The minimum atomic E-state index is 0.0772. The third-order valence-electron chi connectivity index (χ3n) is 3.74. The van der Waals surface area contributed by atoms with Crippen LogP contribution in [0.3, 0.4) is 0 Å². The molecular weight excluding hydrogens is 274 g/mol. The van der Waals surface area contributed by atoms with Crippen LogP contribution >= 0.6 is 11.6 Å². The lowest BCUT2D eigenvalue weighted by molar-refractivity contribution is 0.0667. The van der Waals surface area contributed by atoms with Crippen molar-refractivity contribution in [3.8, 4) is 5.75 Å². The van der Waals surface area contributed by atoms with Crippen LogP contribution in [0.15, 0.2) is 24.3 Å². The van der Waals surface area contributed by atoms with E-state index in [9.17, 15) is 4.79 Å². The normalized spacial score (nSPS) is 18.9. The van der Waals surface area contributed by atoms with Crippen molar-refractivity contribution in [1.29, 1.82) is 0 Å². The van der Waals surface area contributed by atoms with Crippen LogP contribution in [-0.2, 0) is 0 Å². The van der Waals surface area contributed by atoms with Crippen LogP contribution in [0.5, 0.6) is 5.75 Å². The van der Waals surface area contributed by atoms with E-state index in [4.69, 9.17) is 16.3 Å². The van der Waals surface area contributed by atoms with Gasteiger partial charge in [-0.15, -0.1) is 11.6 Å². The maximum atomic E-state index is 12.7. The lowest BCUT2D eigenvalue weighted by Crippen LogP contribution is -2.40. The Balaban J connectivity index is 2.10. The lowest BCUT2D eigenvalue weighted by atomic mass is 9.95. The first-order valence-corrected chi connectivity index (χ1v) is 7.86. The van der Waals surface area contributed by atoms with E-state index in [0.29, 0.717) is 29.7 Å². The molecule has 0 N–H and O–H groups in total. The number of hydrogen-bond acceptors (Lipinski definition) is 2. The van der Waals surface area contributed by atoms with E-state index in [1.54, 1.807) is 0 Å². The average molecular weight is 296 g/mol. The van der Waals surface area contributed by atoms with Gasteiger partial charge in [0.2, 0.25) is 0 Å². The van der Waals surface area contributed by atoms with Gasteiger partial charge in [-0.3, -0.25) is 4.79 Å². The Morgan fingerprint density at radius 2 is 2.25 bits per heavy atom. The van der Waals surface area contributed by atoms with E-state index in [-0.39, 0.29) is 5.91 Å². The van der Waals surface area contributed by atoms with Crippen LogP contribution in [0.1, 0.15) is 36.5 Å². The van der Waals surface area contributed by atoms with Gasteiger partial charge in [-0.2, -0.15) is 0 Å². The number of ether oxygens (including phenoxy) is 1. The van der Waals surface area contributed by atoms with Crippen molar-refractivity contribution < 1.29 is 9.53 Å². The Bertz CT molecular complexity index is 448. The number of alkyl halides is 1. The second-order valence-electron chi connectivity index (χ2n) is 5.17. The number of likely N-dealkylation sites (tertiary alicyclic amines) is 1. The van der Waals surface area contributed by atoms with Crippen molar-refractivity contribution >= 4 is 17.5 Å². The van der Waals surface area contributed by atoms with Gasteiger partial charge in [-0.1, -0.05) is 12.1 Å². The molecule has 3 nitrogen and oxygen atoms in total. The van der Waals surface area contributed by atoms with Gasteiger partial charge in [-0.25, -0.2) is 0 Å². The summed E-state index contributed by atoms with van der Waals surface area (Å²) in [6, 6.07) is 7.49. The molecule has 1 atom stereocenters. The monoisotopic (exact) mass is 295 g/mol. The van der Waals surface area contributed by atoms with Crippen LogP contribution in [0.4, 0.5) is 0 Å². The van der Waals surface area contributed by atoms with Crippen molar-refractivity contribution in [2.45, 2.75) is 26.2 Å². The predicted molar refractivity (Wildman–Crippen MR) is 81.6 cm³/mol. The third-order valence-corrected chi connectivity index (χ3v) is 3.96. The van der Waals surface area contributed by atoms with Crippen molar-refractivity contribution in [2.75, 3.05) is 25.6 Å². The zero-order valence-electron chi connectivity index (χ0n) is 12.0. The molecule has 1 fully saturated rings. The summed E-state index contributed by atoms with van der Waals surface area (Å²) >= 11 is 5.82. The van der Waals surface area contributed by atoms with Gasteiger partial charge in [0.15, 0.2) is 0 Å². The molecule has 110 valence electrons. The van der Waals surface area contributed by atoms with Crippen LogP contribution in [-0.4, -0.2) is 36.4 Å². The Labute approximate surface area is 125 Å². The molecule has 0 aromatic heterocycles. The van der Waals surface area contributed by atoms with Crippen LogP contribution in [0, 0.1) is 5.92 Å². The van der Waals surface area contributed by atoms with Crippen LogP contribution < -0.4 is 4.74 Å². The largest absolute Gasteiger partial charge is 0.493 e. The molecule has 20 heavy (non-hydrogen) atoms.